The van der Waals surface area contributed by atoms with Gasteiger partial charge < -0.3 is 20.1 Å². The van der Waals surface area contributed by atoms with Gasteiger partial charge in [0.1, 0.15) is 16.2 Å². The Morgan fingerprint density at radius 3 is 3.03 bits per heavy atom. The van der Waals surface area contributed by atoms with E-state index in [1.165, 1.54) is 5.56 Å². The minimum atomic E-state index is 0. The average Bonchev–Trinajstić information content (AvgIpc) is 3.41. The number of hydrogen-bond acceptors (Lipinski definition) is 6. The molecule has 6 nitrogen and oxygen atoms in total. The molecule has 0 amide bonds. The van der Waals surface area contributed by atoms with Crippen LogP contribution in [0.3, 0.4) is 0 Å². The molecule has 1 fully saturated rings. The highest BCUT2D eigenvalue weighted by Crippen LogP contribution is 2.24. The first-order valence-electron chi connectivity index (χ1n) is 10.1. The normalized spacial score (nSPS) is 16.2. The first kappa shape index (κ1) is 25.2. The van der Waals surface area contributed by atoms with Gasteiger partial charge in [0.05, 0.1) is 19.8 Å². The average molecular weight is 563 g/mol. The van der Waals surface area contributed by atoms with Gasteiger partial charge in [0.25, 0.3) is 0 Å². The number of hydrogen-bond donors (Lipinski definition) is 2. The van der Waals surface area contributed by atoms with E-state index in [2.05, 4.69) is 47.7 Å². The van der Waals surface area contributed by atoms with Crippen LogP contribution in [0.5, 0.6) is 5.75 Å². The third-order valence-electron chi connectivity index (χ3n) is 4.40. The lowest BCUT2D eigenvalue weighted by atomic mass is 10.1. The van der Waals surface area contributed by atoms with Crippen molar-refractivity contribution < 1.29 is 9.47 Å². The van der Waals surface area contributed by atoms with Crippen LogP contribution in [0.4, 0.5) is 0 Å². The van der Waals surface area contributed by atoms with Crippen LogP contribution in [-0.4, -0.2) is 49.1 Å². The van der Waals surface area contributed by atoms with E-state index in [-0.39, 0.29) is 30.1 Å². The summed E-state index contributed by atoms with van der Waals surface area (Å²) in [6.45, 7) is 7.89. The molecule has 2 heterocycles. The summed E-state index contributed by atoms with van der Waals surface area (Å²) in [4.78, 5) is 9.06. The molecule has 1 saturated heterocycles. The number of aromatic nitrogens is 1. The number of thiazole rings is 1. The van der Waals surface area contributed by atoms with Gasteiger partial charge in [-0.1, -0.05) is 23.9 Å². The molecule has 166 valence electrons. The molecular formula is C21H31IN4O2S2. The summed E-state index contributed by atoms with van der Waals surface area (Å²) in [5.41, 5.74) is 2.29. The van der Waals surface area contributed by atoms with Crippen LogP contribution in [0.1, 0.15) is 30.9 Å². The Balaban J connectivity index is 0.00000320. The molecule has 1 aliphatic rings. The summed E-state index contributed by atoms with van der Waals surface area (Å²) in [7, 11) is 0. The number of guanidine groups is 1. The summed E-state index contributed by atoms with van der Waals surface area (Å²) in [5.74, 6) is 2.79. The maximum atomic E-state index is 6.19. The van der Waals surface area contributed by atoms with Gasteiger partial charge in [-0.05, 0) is 31.9 Å². The Morgan fingerprint density at radius 1 is 1.40 bits per heavy atom. The van der Waals surface area contributed by atoms with Crippen molar-refractivity contribution in [2.45, 2.75) is 43.7 Å². The fraction of sp³-hybridized carbons (Fsp3) is 0.524. The monoisotopic (exact) mass is 562 g/mol. The van der Waals surface area contributed by atoms with Crippen LogP contribution in [0.15, 0.2) is 39.1 Å². The second-order valence-corrected chi connectivity index (χ2v) is 9.07. The molecule has 30 heavy (non-hydrogen) atoms. The molecule has 2 N–H and O–H groups in total. The van der Waals surface area contributed by atoms with Gasteiger partial charge in [0, 0.05) is 42.4 Å². The lowest BCUT2D eigenvalue weighted by Gasteiger charge is -2.16. The number of aliphatic imine (C=N–C) groups is 1. The highest BCUT2D eigenvalue weighted by atomic mass is 127. The topological polar surface area (TPSA) is 67.8 Å². The Kier molecular flexibility index (Phi) is 11.9. The van der Waals surface area contributed by atoms with Crippen molar-refractivity contribution in [2.75, 3.05) is 32.1 Å². The van der Waals surface area contributed by atoms with Crippen molar-refractivity contribution >= 4 is 53.0 Å². The van der Waals surface area contributed by atoms with Crippen molar-refractivity contribution in [3.05, 3.63) is 40.9 Å². The summed E-state index contributed by atoms with van der Waals surface area (Å²) >= 11 is 3.49. The van der Waals surface area contributed by atoms with Crippen LogP contribution >= 0.6 is 47.1 Å². The molecule has 1 aromatic heterocycles. The molecule has 9 heteroatoms. The molecular weight excluding hydrogens is 531 g/mol. The third kappa shape index (κ3) is 8.60. The molecule has 0 spiro atoms. The number of nitrogens with one attached hydrogen (secondary N) is 2. The molecule has 1 unspecified atom stereocenters. The summed E-state index contributed by atoms with van der Waals surface area (Å²) in [6.07, 6.45) is 3.99. The summed E-state index contributed by atoms with van der Waals surface area (Å²) in [5, 5.41) is 8.76. The number of halogens is 1. The maximum absolute atomic E-state index is 6.19. The van der Waals surface area contributed by atoms with Crippen molar-refractivity contribution in [1.82, 2.24) is 15.6 Å². The van der Waals surface area contributed by atoms with Gasteiger partial charge >= 0.3 is 0 Å². The molecule has 1 aliphatic heterocycles. The van der Waals surface area contributed by atoms with Crippen molar-refractivity contribution in [3.63, 3.8) is 0 Å². The van der Waals surface area contributed by atoms with Crippen LogP contribution in [0, 0.1) is 6.92 Å². The Bertz CT molecular complexity index is 768. The lowest BCUT2D eigenvalue weighted by Crippen LogP contribution is -2.37. The summed E-state index contributed by atoms with van der Waals surface area (Å²) in [6, 6.07) is 6.32. The van der Waals surface area contributed by atoms with Crippen LogP contribution in [0.2, 0.25) is 0 Å². The van der Waals surface area contributed by atoms with Gasteiger partial charge in [0.15, 0.2) is 5.96 Å². The molecule has 0 saturated carbocycles. The number of rotatable bonds is 10. The predicted molar refractivity (Wildman–Crippen MR) is 137 cm³/mol. The SMILES string of the molecule is CCNC(=NCc1ccc(C)cc1OC1CCOC1)NCCCSc1nccs1.I. The minimum Gasteiger partial charge on any atom is -0.488 e. The van der Waals surface area contributed by atoms with E-state index >= 15 is 0 Å². The third-order valence-corrected chi connectivity index (χ3v) is 6.46. The minimum absolute atomic E-state index is 0. The largest absolute Gasteiger partial charge is 0.488 e. The lowest BCUT2D eigenvalue weighted by molar-refractivity contribution is 0.140. The fourth-order valence-electron chi connectivity index (χ4n) is 2.91. The number of benzene rings is 1. The molecule has 3 rings (SSSR count). The zero-order valence-corrected chi connectivity index (χ0v) is 21.5. The van der Waals surface area contributed by atoms with E-state index < -0.39 is 0 Å². The predicted octanol–water partition coefficient (Wildman–Crippen LogP) is 4.47. The van der Waals surface area contributed by atoms with Crippen LogP contribution in [-0.2, 0) is 11.3 Å². The van der Waals surface area contributed by atoms with Gasteiger partial charge in [0.2, 0.25) is 0 Å². The number of nitrogens with zero attached hydrogens (tertiary/aromatic N) is 2. The first-order valence-corrected chi connectivity index (χ1v) is 12.0. The molecule has 1 atom stereocenters. The smallest absolute Gasteiger partial charge is 0.191 e. The highest BCUT2D eigenvalue weighted by molar-refractivity contribution is 14.0. The molecule has 0 aliphatic carbocycles. The van der Waals surface area contributed by atoms with Crippen molar-refractivity contribution in [2.24, 2.45) is 4.99 Å². The molecule has 1 aromatic carbocycles. The first-order chi connectivity index (χ1) is 14.2. The number of ether oxygens (including phenoxy) is 2. The van der Waals surface area contributed by atoms with E-state index in [1.807, 2.05) is 11.6 Å². The zero-order valence-electron chi connectivity index (χ0n) is 17.6. The van der Waals surface area contributed by atoms with Crippen molar-refractivity contribution in [1.29, 1.82) is 0 Å². The quantitative estimate of drug-likeness (QED) is 0.147. The van der Waals surface area contributed by atoms with E-state index in [1.54, 1.807) is 23.1 Å². The maximum Gasteiger partial charge on any atom is 0.191 e. The van der Waals surface area contributed by atoms with Gasteiger partial charge in [-0.3, -0.25) is 0 Å². The molecule has 2 aromatic rings. The van der Waals surface area contributed by atoms with E-state index in [0.29, 0.717) is 13.2 Å². The van der Waals surface area contributed by atoms with E-state index in [9.17, 15) is 0 Å². The Hall–Kier alpha value is -1.04. The van der Waals surface area contributed by atoms with E-state index in [4.69, 9.17) is 14.5 Å². The molecule has 0 radical (unpaired) electrons. The standard InChI is InChI=1S/C21H30N4O2S2.HI/c1-3-22-20(23-8-4-11-28-21-24-9-12-29-21)25-14-17-6-5-16(2)13-19(17)27-18-7-10-26-15-18;/h5-6,9,12-13,18H,3-4,7-8,10-11,14-15H2,1-2H3,(H2,22,23,25);1H. The summed E-state index contributed by atoms with van der Waals surface area (Å²) < 4.78 is 12.8. The second-order valence-electron chi connectivity index (χ2n) is 6.84. The van der Waals surface area contributed by atoms with Gasteiger partial charge in [-0.15, -0.1) is 35.3 Å². The van der Waals surface area contributed by atoms with Crippen LogP contribution < -0.4 is 15.4 Å². The van der Waals surface area contributed by atoms with Crippen LogP contribution in [0.25, 0.3) is 0 Å². The van der Waals surface area contributed by atoms with E-state index in [0.717, 1.165) is 59.9 Å². The number of thioether (sulfide) groups is 1. The number of aryl methyl sites for hydroxylation is 1. The van der Waals surface area contributed by atoms with Gasteiger partial charge in [-0.2, -0.15) is 0 Å². The van der Waals surface area contributed by atoms with Crippen molar-refractivity contribution in [3.8, 4) is 5.75 Å². The Morgan fingerprint density at radius 2 is 2.30 bits per heavy atom. The zero-order chi connectivity index (χ0) is 20.3. The fourth-order valence-corrected chi connectivity index (χ4v) is 4.56. The van der Waals surface area contributed by atoms with Gasteiger partial charge in [-0.25, -0.2) is 9.98 Å². The molecule has 0 bridgehead atoms. The second kappa shape index (κ2) is 14.1. The highest BCUT2D eigenvalue weighted by Gasteiger charge is 2.18. The Labute approximate surface area is 204 Å².